The van der Waals surface area contributed by atoms with Crippen molar-refractivity contribution in [3.05, 3.63) is 176 Å². The summed E-state index contributed by atoms with van der Waals surface area (Å²) in [5.74, 6) is 0.665. The van der Waals surface area contributed by atoms with E-state index < -0.39 is 0 Å². The van der Waals surface area contributed by atoms with E-state index in [-0.39, 0.29) is 0 Å². The molecule has 0 saturated carbocycles. The number of fused-ring (bicyclic) bond motifs is 16. The van der Waals surface area contributed by atoms with Crippen molar-refractivity contribution in [2.45, 2.75) is 0 Å². The Labute approximate surface area is 304 Å². The van der Waals surface area contributed by atoms with E-state index in [1.165, 1.54) is 64.6 Å². The van der Waals surface area contributed by atoms with Crippen molar-refractivity contribution in [2.24, 2.45) is 0 Å². The molecule has 0 atom stereocenters. The fourth-order valence-corrected chi connectivity index (χ4v) is 8.98. The van der Waals surface area contributed by atoms with Gasteiger partial charge in [-0.1, -0.05) is 158 Å². The van der Waals surface area contributed by atoms with Gasteiger partial charge in [0.1, 0.15) is 0 Å². The molecule has 53 heavy (non-hydrogen) atoms. The van der Waals surface area contributed by atoms with Crippen LogP contribution in [0.4, 0.5) is 0 Å². The molecule has 2 aromatic heterocycles. The summed E-state index contributed by atoms with van der Waals surface area (Å²) in [6.45, 7) is 0. The first-order chi connectivity index (χ1) is 26.3. The highest BCUT2D eigenvalue weighted by Crippen LogP contribution is 2.45. The minimum atomic E-state index is 0.665. The molecular weight excluding hydrogens is 643 g/mol. The van der Waals surface area contributed by atoms with Gasteiger partial charge in [-0.3, -0.25) is 4.57 Å². The molecule has 0 unspecified atom stereocenters. The van der Waals surface area contributed by atoms with Gasteiger partial charge >= 0.3 is 0 Å². The van der Waals surface area contributed by atoms with Crippen molar-refractivity contribution in [3.8, 4) is 17.2 Å². The number of nitrogens with zero attached hydrogens (tertiary/aromatic N) is 3. The van der Waals surface area contributed by atoms with E-state index in [9.17, 15) is 0 Å². The molecule has 12 aromatic rings. The normalized spacial score (nSPS) is 12.2. The second kappa shape index (κ2) is 10.7. The number of aromatic nitrogens is 3. The summed E-state index contributed by atoms with van der Waals surface area (Å²) in [5, 5.41) is 18.0. The molecular formula is C50H29N3. The Kier molecular flexibility index (Phi) is 5.77. The molecule has 0 aliphatic heterocycles. The van der Waals surface area contributed by atoms with E-state index >= 15 is 0 Å². The Bertz CT molecular complexity index is 3480. The maximum atomic E-state index is 5.58. The maximum absolute atomic E-state index is 5.58. The third kappa shape index (κ3) is 3.99. The average Bonchev–Trinajstić information content (AvgIpc) is 3.58. The number of hydrogen-bond acceptors (Lipinski definition) is 2. The summed E-state index contributed by atoms with van der Waals surface area (Å²) in [4.78, 5) is 11.1. The predicted molar refractivity (Wildman–Crippen MR) is 224 cm³/mol. The molecule has 0 bridgehead atoms. The largest absolute Gasteiger partial charge is 0.277 e. The van der Waals surface area contributed by atoms with Crippen LogP contribution in [-0.2, 0) is 0 Å². The molecule has 2 heterocycles. The van der Waals surface area contributed by atoms with Gasteiger partial charge in [-0.25, -0.2) is 9.97 Å². The van der Waals surface area contributed by atoms with Crippen LogP contribution in [0, 0.1) is 0 Å². The Morgan fingerprint density at radius 3 is 1.62 bits per heavy atom. The van der Waals surface area contributed by atoms with Gasteiger partial charge in [0.05, 0.1) is 22.2 Å². The topological polar surface area (TPSA) is 30.7 Å². The zero-order valence-electron chi connectivity index (χ0n) is 28.6. The summed E-state index contributed by atoms with van der Waals surface area (Å²) in [6.07, 6.45) is 0. The molecule has 244 valence electrons. The second-order valence-corrected chi connectivity index (χ2v) is 14.1. The SMILES string of the molecule is c1ccc2cc(-c3nc(-n4c5ccc6c7ccccc7c7ccccc7c6c5c5ccc6ccccc6c54)nc4c3ccc3ccccc34)ccc2c1. The van der Waals surface area contributed by atoms with Gasteiger partial charge in [0.25, 0.3) is 0 Å². The molecule has 0 aliphatic rings. The Morgan fingerprint density at radius 1 is 0.340 bits per heavy atom. The van der Waals surface area contributed by atoms with Gasteiger partial charge in [-0.2, -0.15) is 0 Å². The van der Waals surface area contributed by atoms with Gasteiger partial charge in [0.15, 0.2) is 0 Å². The summed E-state index contributed by atoms with van der Waals surface area (Å²) >= 11 is 0. The van der Waals surface area contributed by atoms with E-state index in [0.29, 0.717) is 5.95 Å². The zero-order chi connectivity index (χ0) is 34.6. The van der Waals surface area contributed by atoms with Crippen LogP contribution in [0.15, 0.2) is 176 Å². The molecule has 3 heteroatoms. The number of hydrogen-bond donors (Lipinski definition) is 0. The molecule has 0 spiro atoms. The minimum Gasteiger partial charge on any atom is -0.277 e. The van der Waals surface area contributed by atoms with Gasteiger partial charge < -0.3 is 0 Å². The Morgan fingerprint density at radius 2 is 0.868 bits per heavy atom. The standard InChI is InChI=1S/C50H29N3/c1-2-14-33-29-34(22-21-30(33)11-1)47-43-26-24-31-12-3-5-15-35(31)48(43)52-50(51-47)53-44-28-27-41-39-19-8-7-17-37(39)38-18-9-10-20-40(38)45(41)46(44)42-25-23-32-13-4-6-16-36(32)49(42)53/h1-29H. The summed E-state index contributed by atoms with van der Waals surface area (Å²) in [6, 6.07) is 63.7. The number of rotatable bonds is 2. The van der Waals surface area contributed by atoms with Crippen molar-refractivity contribution in [1.82, 2.24) is 14.5 Å². The smallest absolute Gasteiger partial charge is 0.235 e. The molecule has 0 fully saturated rings. The van der Waals surface area contributed by atoms with Crippen molar-refractivity contribution in [3.63, 3.8) is 0 Å². The summed E-state index contributed by atoms with van der Waals surface area (Å²) < 4.78 is 2.34. The zero-order valence-corrected chi connectivity index (χ0v) is 28.6. The lowest BCUT2D eigenvalue weighted by molar-refractivity contribution is 1.02. The van der Waals surface area contributed by atoms with Crippen LogP contribution >= 0.6 is 0 Å². The molecule has 0 saturated heterocycles. The molecule has 0 amide bonds. The van der Waals surface area contributed by atoms with Gasteiger partial charge in [0.2, 0.25) is 5.95 Å². The second-order valence-electron chi connectivity index (χ2n) is 14.1. The summed E-state index contributed by atoms with van der Waals surface area (Å²) in [5.41, 5.74) is 5.15. The van der Waals surface area contributed by atoms with Crippen LogP contribution in [0.25, 0.3) is 115 Å². The third-order valence-corrected chi connectivity index (χ3v) is 11.3. The quantitative estimate of drug-likeness (QED) is 0.171. The Hall–Kier alpha value is -7.10. The fraction of sp³-hybridized carbons (Fsp3) is 0. The van der Waals surface area contributed by atoms with Crippen LogP contribution in [0.5, 0.6) is 0 Å². The first-order valence-electron chi connectivity index (χ1n) is 18.2. The summed E-state index contributed by atoms with van der Waals surface area (Å²) in [7, 11) is 0. The molecule has 12 rings (SSSR count). The molecule has 10 aromatic carbocycles. The van der Waals surface area contributed by atoms with Crippen LogP contribution in [0.2, 0.25) is 0 Å². The monoisotopic (exact) mass is 671 g/mol. The van der Waals surface area contributed by atoms with Crippen LogP contribution in [-0.4, -0.2) is 14.5 Å². The molecule has 0 N–H and O–H groups in total. The van der Waals surface area contributed by atoms with Crippen LogP contribution in [0.1, 0.15) is 0 Å². The highest BCUT2D eigenvalue weighted by atomic mass is 15.2. The number of benzene rings is 10. The fourth-order valence-electron chi connectivity index (χ4n) is 8.98. The molecule has 0 aliphatic carbocycles. The highest BCUT2D eigenvalue weighted by Gasteiger charge is 2.23. The van der Waals surface area contributed by atoms with Crippen molar-refractivity contribution in [1.29, 1.82) is 0 Å². The lowest BCUT2D eigenvalue weighted by Crippen LogP contribution is -2.04. The van der Waals surface area contributed by atoms with Crippen LogP contribution in [0.3, 0.4) is 0 Å². The first kappa shape index (κ1) is 28.6. The van der Waals surface area contributed by atoms with E-state index in [1.54, 1.807) is 0 Å². The predicted octanol–water partition coefficient (Wildman–Crippen LogP) is 13.3. The van der Waals surface area contributed by atoms with Gasteiger partial charge in [-0.15, -0.1) is 0 Å². The molecule has 0 radical (unpaired) electrons. The van der Waals surface area contributed by atoms with E-state index in [2.05, 4.69) is 180 Å². The Balaban J connectivity index is 1.30. The maximum Gasteiger partial charge on any atom is 0.235 e. The van der Waals surface area contributed by atoms with E-state index in [4.69, 9.17) is 9.97 Å². The van der Waals surface area contributed by atoms with Crippen molar-refractivity contribution >= 4 is 97.3 Å². The van der Waals surface area contributed by atoms with Crippen molar-refractivity contribution < 1.29 is 0 Å². The minimum absolute atomic E-state index is 0.665. The lowest BCUT2D eigenvalue weighted by atomic mass is 9.91. The van der Waals surface area contributed by atoms with Crippen LogP contribution < -0.4 is 0 Å². The third-order valence-electron chi connectivity index (χ3n) is 11.3. The van der Waals surface area contributed by atoms with E-state index in [0.717, 1.165) is 44.0 Å². The lowest BCUT2D eigenvalue weighted by Gasteiger charge is -2.15. The average molecular weight is 672 g/mol. The molecule has 3 nitrogen and oxygen atoms in total. The van der Waals surface area contributed by atoms with E-state index in [1.807, 2.05) is 0 Å². The first-order valence-corrected chi connectivity index (χ1v) is 18.2. The highest BCUT2D eigenvalue weighted by molar-refractivity contribution is 6.36. The van der Waals surface area contributed by atoms with Gasteiger partial charge in [-0.05, 0) is 66.7 Å². The van der Waals surface area contributed by atoms with Crippen molar-refractivity contribution in [2.75, 3.05) is 0 Å². The van der Waals surface area contributed by atoms with Gasteiger partial charge in [0, 0.05) is 37.9 Å².